The highest BCUT2D eigenvalue weighted by Crippen LogP contribution is 2.13. The molecule has 116 valence electrons. The van der Waals surface area contributed by atoms with E-state index in [1.165, 1.54) is 6.07 Å². The molecule has 0 spiro atoms. The molecule has 0 radical (unpaired) electrons. The van der Waals surface area contributed by atoms with Crippen LogP contribution in [0.2, 0.25) is 0 Å². The molecule has 1 atom stereocenters. The standard InChI is InChI=1S/C12H22N2O4S2/c1-3-7-13-10-11-5-6-12(18-11)20(16,17)14-8-4-9-19(2)15/h5-6,13-14H,3-4,7-10H2,1-2H3. The van der Waals surface area contributed by atoms with Crippen molar-refractivity contribution in [2.45, 2.75) is 31.4 Å². The smallest absolute Gasteiger partial charge is 0.273 e. The fourth-order valence-corrected chi connectivity index (χ4v) is 3.11. The Hall–Kier alpha value is -0.700. The molecule has 1 aromatic heterocycles. The third-order valence-corrected chi connectivity index (χ3v) is 4.73. The summed E-state index contributed by atoms with van der Waals surface area (Å²) >= 11 is 0. The molecule has 0 aromatic carbocycles. The maximum atomic E-state index is 11.9. The minimum absolute atomic E-state index is 0.0802. The van der Waals surface area contributed by atoms with Gasteiger partial charge in [-0.25, -0.2) is 13.1 Å². The molecule has 20 heavy (non-hydrogen) atoms. The van der Waals surface area contributed by atoms with Gasteiger partial charge in [0.05, 0.1) is 6.54 Å². The van der Waals surface area contributed by atoms with Gasteiger partial charge in [-0.2, -0.15) is 0 Å². The quantitative estimate of drug-likeness (QED) is 0.623. The first-order chi connectivity index (χ1) is 9.45. The van der Waals surface area contributed by atoms with Crippen LogP contribution >= 0.6 is 0 Å². The van der Waals surface area contributed by atoms with Gasteiger partial charge in [-0.1, -0.05) is 6.92 Å². The summed E-state index contributed by atoms with van der Waals surface area (Å²) in [5.74, 6) is 1.07. The first-order valence-corrected chi connectivity index (χ1v) is 9.76. The van der Waals surface area contributed by atoms with E-state index in [-0.39, 0.29) is 11.6 Å². The fraction of sp³-hybridized carbons (Fsp3) is 0.667. The van der Waals surface area contributed by atoms with E-state index in [0.717, 1.165) is 13.0 Å². The van der Waals surface area contributed by atoms with E-state index < -0.39 is 20.8 Å². The van der Waals surface area contributed by atoms with E-state index in [1.54, 1.807) is 12.3 Å². The Labute approximate surface area is 122 Å². The number of hydrogen-bond donors (Lipinski definition) is 2. The Morgan fingerprint density at radius 1 is 1.30 bits per heavy atom. The lowest BCUT2D eigenvalue weighted by atomic mass is 10.4. The van der Waals surface area contributed by atoms with E-state index in [0.29, 0.717) is 24.5 Å². The van der Waals surface area contributed by atoms with E-state index in [2.05, 4.69) is 17.0 Å². The van der Waals surface area contributed by atoms with E-state index in [9.17, 15) is 12.6 Å². The van der Waals surface area contributed by atoms with Crippen molar-refractivity contribution >= 4 is 20.8 Å². The number of nitrogens with one attached hydrogen (secondary N) is 2. The molecule has 0 amide bonds. The zero-order valence-corrected chi connectivity index (χ0v) is 13.5. The predicted molar refractivity (Wildman–Crippen MR) is 79.4 cm³/mol. The van der Waals surface area contributed by atoms with Crippen molar-refractivity contribution in [2.75, 3.05) is 25.1 Å². The molecule has 1 heterocycles. The van der Waals surface area contributed by atoms with Gasteiger partial charge in [-0.05, 0) is 31.5 Å². The zero-order chi connectivity index (χ0) is 15.0. The van der Waals surface area contributed by atoms with Crippen LogP contribution in [0.25, 0.3) is 0 Å². The molecule has 0 aliphatic carbocycles. The second kappa shape index (κ2) is 8.56. The predicted octanol–water partition coefficient (Wildman–Crippen LogP) is 0.826. The monoisotopic (exact) mass is 322 g/mol. The molecule has 6 nitrogen and oxygen atoms in total. The van der Waals surface area contributed by atoms with Crippen molar-refractivity contribution in [1.29, 1.82) is 0 Å². The molecule has 0 bridgehead atoms. The normalized spacial score (nSPS) is 13.5. The van der Waals surface area contributed by atoms with Crippen LogP contribution in [0.5, 0.6) is 0 Å². The van der Waals surface area contributed by atoms with E-state index in [1.807, 2.05) is 0 Å². The van der Waals surface area contributed by atoms with Gasteiger partial charge < -0.3 is 9.73 Å². The van der Waals surface area contributed by atoms with Gasteiger partial charge in [0.25, 0.3) is 10.0 Å². The van der Waals surface area contributed by atoms with Crippen LogP contribution in [0, 0.1) is 0 Å². The summed E-state index contributed by atoms with van der Waals surface area (Å²) in [7, 11) is -4.52. The second-order valence-corrected chi connectivity index (χ2v) is 7.68. The Morgan fingerprint density at radius 2 is 2.05 bits per heavy atom. The summed E-state index contributed by atoms with van der Waals surface area (Å²) in [6.45, 7) is 3.68. The molecule has 0 aliphatic heterocycles. The van der Waals surface area contributed by atoms with Gasteiger partial charge in [0.15, 0.2) is 0 Å². The van der Waals surface area contributed by atoms with Crippen LogP contribution in [0.1, 0.15) is 25.5 Å². The van der Waals surface area contributed by atoms with E-state index >= 15 is 0 Å². The highest BCUT2D eigenvalue weighted by molar-refractivity contribution is 7.89. The molecule has 8 heteroatoms. The van der Waals surface area contributed by atoms with Gasteiger partial charge >= 0.3 is 0 Å². The summed E-state index contributed by atoms with van der Waals surface area (Å²) < 4.78 is 42.4. The van der Waals surface area contributed by atoms with Gasteiger partial charge in [-0.3, -0.25) is 4.21 Å². The lowest BCUT2D eigenvalue weighted by Gasteiger charge is -2.03. The molecule has 0 aliphatic rings. The van der Waals surface area contributed by atoms with Crippen LogP contribution in [0.4, 0.5) is 0 Å². The number of sulfonamides is 1. The second-order valence-electron chi connectivity index (χ2n) is 4.43. The Balaban J connectivity index is 2.48. The Morgan fingerprint density at radius 3 is 2.70 bits per heavy atom. The number of hydrogen-bond acceptors (Lipinski definition) is 5. The van der Waals surface area contributed by atoms with Gasteiger partial charge in [0, 0.05) is 29.4 Å². The average molecular weight is 322 g/mol. The van der Waals surface area contributed by atoms with Crippen LogP contribution in [-0.2, 0) is 27.4 Å². The Kier molecular flexibility index (Phi) is 7.42. The van der Waals surface area contributed by atoms with Crippen molar-refractivity contribution in [3.63, 3.8) is 0 Å². The molecule has 1 rings (SSSR count). The summed E-state index contributed by atoms with van der Waals surface area (Å²) in [6, 6.07) is 3.10. The highest BCUT2D eigenvalue weighted by Gasteiger charge is 2.17. The molecule has 0 saturated carbocycles. The van der Waals surface area contributed by atoms with Crippen molar-refractivity contribution < 1.29 is 17.0 Å². The maximum Gasteiger partial charge on any atom is 0.273 e. The van der Waals surface area contributed by atoms with Gasteiger partial charge in [0.1, 0.15) is 5.76 Å². The largest absolute Gasteiger partial charge is 0.447 e. The van der Waals surface area contributed by atoms with Gasteiger partial charge in [0.2, 0.25) is 5.09 Å². The molecular formula is C12H22N2O4S2. The molecule has 2 N–H and O–H groups in total. The third kappa shape index (κ3) is 6.17. The summed E-state index contributed by atoms with van der Waals surface area (Å²) in [5, 5.41) is 3.06. The van der Waals surface area contributed by atoms with Crippen LogP contribution < -0.4 is 10.0 Å². The van der Waals surface area contributed by atoms with Crippen molar-refractivity contribution in [1.82, 2.24) is 10.0 Å². The first kappa shape index (κ1) is 17.4. The lowest BCUT2D eigenvalue weighted by molar-refractivity contribution is 0.400. The van der Waals surface area contributed by atoms with Crippen LogP contribution in [0.3, 0.4) is 0 Å². The van der Waals surface area contributed by atoms with Crippen molar-refractivity contribution in [3.05, 3.63) is 17.9 Å². The number of rotatable bonds is 10. The molecule has 1 unspecified atom stereocenters. The molecule has 0 saturated heterocycles. The minimum Gasteiger partial charge on any atom is -0.447 e. The molecule has 0 fully saturated rings. The minimum atomic E-state index is -3.61. The van der Waals surface area contributed by atoms with Crippen molar-refractivity contribution in [3.8, 4) is 0 Å². The van der Waals surface area contributed by atoms with Crippen LogP contribution in [-0.4, -0.2) is 37.7 Å². The summed E-state index contributed by atoms with van der Waals surface area (Å²) in [6.07, 6.45) is 3.14. The Bertz CT molecular complexity index is 525. The maximum absolute atomic E-state index is 11.9. The summed E-state index contributed by atoms with van der Waals surface area (Å²) in [5.41, 5.74) is 0. The number of furan rings is 1. The fourth-order valence-electron chi connectivity index (χ4n) is 1.54. The van der Waals surface area contributed by atoms with Crippen molar-refractivity contribution in [2.24, 2.45) is 0 Å². The van der Waals surface area contributed by atoms with Gasteiger partial charge in [-0.15, -0.1) is 0 Å². The topological polar surface area (TPSA) is 88.4 Å². The molecule has 1 aromatic rings. The average Bonchev–Trinajstić information content (AvgIpc) is 2.84. The summed E-state index contributed by atoms with van der Waals surface area (Å²) in [4.78, 5) is 0. The highest BCUT2D eigenvalue weighted by atomic mass is 32.2. The van der Waals surface area contributed by atoms with Crippen LogP contribution in [0.15, 0.2) is 21.6 Å². The SMILES string of the molecule is CCCNCc1ccc(S(=O)(=O)NCCCS(C)=O)o1. The first-order valence-electron chi connectivity index (χ1n) is 6.55. The third-order valence-electron chi connectivity index (χ3n) is 2.53. The molecular weight excluding hydrogens is 300 g/mol. The zero-order valence-electron chi connectivity index (χ0n) is 11.8. The van der Waals surface area contributed by atoms with E-state index in [4.69, 9.17) is 4.42 Å². The lowest BCUT2D eigenvalue weighted by Crippen LogP contribution is -2.25.